The van der Waals surface area contributed by atoms with E-state index in [0.29, 0.717) is 41.9 Å². The van der Waals surface area contributed by atoms with Crippen LogP contribution in [0.5, 0.6) is 0 Å². The number of halogens is 1. The summed E-state index contributed by atoms with van der Waals surface area (Å²) in [5.74, 6) is -1.51. The number of nitrogens with one attached hydrogen (secondary N) is 1. The van der Waals surface area contributed by atoms with Gasteiger partial charge in [0.2, 0.25) is 0 Å². The Kier molecular flexibility index (Phi) is 7.68. The Morgan fingerprint density at radius 2 is 1.74 bits per heavy atom. The van der Waals surface area contributed by atoms with E-state index in [2.05, 4.69) is 5.32 Å². The highest BCUT2D eigenvalue weighted by atomic mass is 35.5. The molecule has 0 bridgehead atoms. The third-order valence-corrected chi connectivity index (χ3v) is 4.61. The van der Waals surface area contributed by atoms with Gasteiger partial charge in [-0.25, -0.2) is 0 Å². The molecule has 6 nitrogen and oxygen atoms in total. The molecule has 0 radical (unpaired) electrons. The summed E-state index contributed by atoms with van der Waals surface area (Å²) in [6, 6.07) is 6.91. The van der Waals surface area contributed by atoms with Crippen molar-refractivity contribution in [1.82, 2.24) is 0 Å². The zero-order chi connectivity index (χ0) is 20.0. The molecule has 0 aliphatic carbocycles. The van der Waals surface area contributed by atoms with Crippen molar-refractivity contribution in [2.75, 3.05) is 25.1 Å². The standard InChI is InChI=1S/C20H28ClNO5/c1-6-24-18-13(4)20(25-7-2,26-8-3)27-14(5)17(18)19(23)22-16-11-9-15(21)10-12-16/h9-13,18H,6-8H2,1-5H3,(H,22,23)/t13-,18-/m1/s1. The Morgan fingerprint density at radius 1 is 1.15 bits per heavy atom. The normalized spacial score (nSPS) is 21.7. The van der Waals surface area contributed by atoms with E-state index >= 15 is 0 Å². The molecule has 1 heterocycles. The third-order valence-electron chi connectivity index (χ3n) is 4.35. The number of amides is 1. The predicted octanol–water partition coefficient (Wildman–Crippen LogP) is 4.35. The van der Waals surface area contributed by atoms with E-state index in [0.717, 1.165) is 0 Å². The highest BCUT2D eigenvalue weighted by Gasteiger charge is 2.52. The average molecular weight is 398 g/mol. The lowest BCUT2D eigenvalue weighted by Gasteiger charge is -2.45. The zero-order valence-electron chi connectivity index (χ0n) is 16.5. The maximum atomic E-state index is 13.0. The second-order valence-corrected chi connectivity index (χ2v) is 6.60. The molecule has 1 amide bonds. The summed E-state index contributed by atoms with van der Waals surface area (Å²) in [5.41, 5.74) is 1.06. The van der Waals surface area contributed by atoms with Gasteiger partial charge < -0.3 is 24.3 Å². The van der Waals surface area contributed by atoms with E-state index in [9.17, 15) is 4.79 Å². The first-order chi connectivity index (χ1) is 12.9. The van der Waals surface area contributed by atoms with Crippen molar-refractivity contribution in [2.24, 2.45) is 5.92 Å². The second-order valence-electron chi connectivity index (χ2n) is 6.17. The molecule has 2 atom stereocenters. The lowest BCUT2D eigenvalue weighted by molar-refractivity contribution is -0.401. The van der Waals surface area contributed by atoms with Crippen LogP contribution in [0.25, 0.3) is 0 Å². The first kappa shape index (κ1) is 21.7. The van der Waals surface area contributed by atoms with Crippen LogP contribution in [0.3, 0.4) is 0 Å². The molecule has 0 fully saturated rings. The fourth-order valence-corrected chi connectivity index (χ4v) is 3.32. The fourth-order valence-electron chi connectivity index (χ4n) is 3.19. The molecule has 0 unspecified atom stereocenters. The summed E-state index contributed by atoms with van der Waals surface area (Å²) in [7, 11) is 0. The zero-order valence-corrected chi connectivity index (χ0v) is 17.3. The molecule has 27 heavy (non-hydrogen) atoms. The van der Waals surface area contributed by atoms with Crippen molar-refractivity contribution in [3.05, 3.63) is 40.6 Å². The van der Waals surface area contributed by atoms with Crippen molar-refractivity contribution in [3.8, 4) is 0 Å². The van der Waals surface area contributed by atoms with Crippen LogP contribution in [0.2, 0.25) is 5.02 Å². The number of rotatable bonds is 8. The van der Waals surface area contributed by atoms with E-state index in [4.69, 9.17) is 30.5 Å². The van der Waals surface area contributed by atoms with Crippen molar-refractivity contribution < 1.29 is 23.7 Å². The third kappa shape index (κ3) is 4.82. The molecule has 1 aromatic rings. The summed E-state index contributed by atoms with van der Waals surface area (Å²) in [6.07, 6.45) is -0.533. The number of anilines is 1. The number of hydrogen-bond acceptors (Lipinski definition) is 5. The molecule has 1 aliphatic heterocycles. The SMILES string of the molecule is CCO[C@H]1C(C(=O)Nc2ccc(Cl)cc2)=C(C)OC(OCC)(OCC)[C@@H]1C. The maximum Gasteiger partial charge on any atom is 0.332 e. The minimum absolute atomic E-state index is 0.290. The number of hydrogen-bond donors (Lipinski definition) is 1. The molecule has 0 aromatic heterocycles. The van der Waals surface area contributed by atoms with Crippen molar-refractivity contribution >= 4 is 23.2 Å². The summed E-state index contributed by atoms with van der Waals surface area (Å²) in [6.45, 7) is 10.5. The van der Waals surface area contributed by atoms with Crippen LogP contribution in [0.15, 0.2) is 35.6 Å². The Morgan fingerprint density at radius 3 is 2.26 bits per heavy atom. The van der Waals surface area contributed by atoms with Crippen LogP contribution in [-0.2, 0) is 23.7 Å². The van der Waals surface area contributed by atoms with Gasteiger partial charge in [0.25, 0.3) is 5.91 Å². The van der Waals surface area contributed by atoms with Crippen LogP contribution in [0.4, 0.5) is 5.69 Å². The molecule has 1 aliphatic rings. The van der Waals surface area contributed by atoms with Crippen LogP contribution in [-0.4, -0.2) is 37.8 Å². The van der Waals surface area contributed by atoms with E-state index < -0.39 is 12.1 Å². The lowest BCUT2D eigenvalue weighted by atomic mass is 9.90. The summed E-state index contributed by atoms with van der Waals surface area (Å²) < 4.78 is 23.6. The quantitative estimate of drug-likeness (QED) is 0.660. The highest BCUT2D eigenvalue weighted by molar-refractivity contribution is 6.30. The van der Waals surface area contributed by atoms with Gasteiger partial charge in [-0.05, 0) is 52.0 Å². The number of carbonyl (C=O) groups excluding carboxylic acids is 1. The Balaban J connectivity index is 2.36. The Hall–Kier alpha value is -1.60. The molecule has 150 valence electrons. The van der Waals surface area contributed by atoms with Gasteiger partial charge in [0, 0.05) is 17.3 Å². The van der Waals surface area contributed by atoms with Crippen molar-refractivity contribution in [2.45, 2.75) is 46.7 Å². The second kappa shape index (κ2) is 9.55. The van der Waals surface area contributed by atoms with Gasteiger partial charge in [0.05, 0.1) is 24.7 Å². The topological polar surface area (TPSA) is 66.0 Å². The van der Waals surface area contributed by atoms with Crippen LogP contribution < -0.4 is 5.32 Å². The van der Waals surface area contributed by atoms with E-state index in [1.807, 2.05) is 27.7 Å². The monoisotopic (exact) mass is 397 g/mol. The maximum absolute atomic E-state index is 13.0. The molecule has 0 saturated carbocycles. The highest BCUT2D eigenvalue weighted by Crippen LogP contribution is 2.40. The van der Waals surface area contributed by atoms with Gasteiger partial charge in [-0.15, -0.1) is 0 Å². The van der Waals surface area contributed by atoms with Gasteiger partial charge in [-0.2, -0.15) is 0 Å². The van der Waals surface area contributed by atoms with Crippen molar-refractivity contribution in [3.63, 3.8) is 0 Å². The first-order valence-corrected chi connectivity index (χ1v) is 9.62. The summed E-state index contributed by atoms with van der Waals surface area (Å²) >= 11 is 5.90. The van der Waals surface area contributed by atoms with Crippen LogP contribution in [0, 0.1) is 5.92 Å². The molecule has 1 N–H and O–H groups in total. The minimum Gasteiger partial charge on any atom is -0.443 e. The molecule has 2 rings (SSSR count). The number of allylic oxidation sites excluding steroid dienone is 1. The molecular weight excluding hydrogens is 370 g/mol. The lowest BCUT2D eigenvalue weighted by Crippen LogP contribution is -2.55. The van der Waals surface area contributed by atoms with Gasteiger partial charge in [0.15, 0.2) is 0 Å². The smallest absolute Gasteiger partial charge is 0.332 e. The van der Waals surface area contributed by atoms with Gasteiger partial charge in [-0.3, -0.25) is 4.79 Å². The predicted molar refractivity (Wildman–Crippen MR) is 104 cm³/mol. The van der Waals surface area contributed by atoms with Crippen LogP contribution >= 0.6 is 11.6 Å². The van der Waals surface area contributed by atoms with Gasteiger partial charge in [0.1, 0.15) is 11.9 Å². The molecule has 7 heteroatoms. The summed E-state index contributed by atoms with van der Waals surface area (Å²) in [4.78, 5) is 13.0. The van der Waals surface area contributed by atoms with Crippen molar-refractivity contribution in [1.29, 1.82) is 0 Å². The molecule has 0 spiro atoms. The van der Waals surface area contributed by atoms with E-state index in [-0.39, 0.29) is 11.8 Å². The number of carbonyl (C=O) groups is 1. The van der Waals surface area contributed by atoms with Crippen LogP contribution in [0.1, 0.15) is 34.6 Å². The van der Waals surface area contributed by atoms with Gasteiger partial charge in [-0.1, -0.05) is 18.5 Å². The Labute approximate surface area is 165 Å². The largest absolute Gasteiger partial charge is 0.443 e. The van der Waals surface area contributed by atoms with E-state index in [1.165, 1.54) is 0 Å². The first-order valence-electron chi connectivity index (χ1n) is 9.24. The minimum atomic E-state index is -1.28. The van der Waals surface area contributed by atoms with Gasteiger partial charge >= 0.3 is 5.97 Å². The Bertz CT molecular complexity index is 667. The average Bonchev–Trinajstić information content (AvgIpc) is 2.62. The molecule has 1 aromatic carbocycles. The molecule has 0 saturated heterocycles. The summed E-state index contributed by atoms with van der Waals surface area (Å²) in [5, 5.41) is 3.47. The molecular formula is C20H28ClNO5. The number of ether oxygens (including phenoxy) is 4. The fraction of sp³-hybridized carbons (Fsp3) is 0.550. The van der Waals surface area contributed by atoms with E-state index in [1.54, 1.807) is 31.2 Å². The number of benzene rings is 1.